The van der Waals surface area contributed by atoms with E-state index in [1.54, 1.807) is 0 Å². The SMILES string of the molecule is [CH2]COC(=O)OC[C@@H](O)CO. The normalized spacial score (nSPS) is 12.3. The molecule has 0 aliphatic heterocycles. The lowest BCUT2D eigenvalue weighted by Gasteiger charge is -2.07. The first-order valence-electron chi connectivity index (χ1n) is 3.08. The Morgan fingerprint density at radius 3 is 2.64 bits per heavy atom. The number of hydrogen-bond donors (Lipinski definition) is 2. The van der Waals surface area contributed by atoms with Gasteiger partial charge >= 0.3 is 6.16 Å². The lowest BCUT2D eigenvalue weighted by Crippen LogP contribution is -2.22. The van der Waals surface area contributed by atoms with Gasteiger partial charge in [-0.3, -0.25) is 0 Å². The van der Waals surface area contributed by atoms with Crippen molar-refractivity contribution in [3.8, 4) is 0 Å². The molecule has 0 aliphatic carbocycles. The molecule has 0 bridgehead atoms. The lowest BCUT2D eigenvalue weighted by molar-refractivity contribution is 0.00387. The van der Waals surface area contributed by atoms with E-state index in [2.05, 4.69) is 16.4 Å². The van der Waals surface area contributed by atoms with Crippen LogP contribution in [0.2, 0.25) is 0 Å². The van der Waals surface area contributed by atoms with E-state index in [0.29, 0.717) is 0 Å². The number of carbonyl (C=O) groups is 1. The highest BCUT2D eigenvalue weighted by molar-refractivity contribution is 5.59. The van der Waals surface area contributed by atoms with Crippen LogP contribution in [0.4, 0.5) is 4.79 Å². The Kier molecular flexibility index (Phi) is 5.50. The van der Waals surface area contributed by atoms with Crippen LogP contribution in [0.15, 0.2) is 0 Å². The predicted molar refractivity (Wildman–Crippen MR) is 35.7 cm³/mol. The molecule has 11 heavy (non-hydrogen) atoms. The topological polar surface area (TPSA) is 76.0 Å². The maximum atomic E-state index is 10.4. The van der Waals surface area contributed by atoms with Gasteiger partial charge in [-0.1, -0.05) is 0 Å². The van der Waals surface area contributed by atoms with Gasteiger partial charge in [0.2, 0.25) is 0 Å². The van der Waals surface area contributed by atoms with Gasteiger partial charge in [-0.05, 0) is 6.92 Å². The third kappa shape index (κ3) is 5.63. The van der Waals surface area contributed by atoms with Crippen LogP contribution in [0.3, 0.4) is 0 Å². The van der Waals surface area contributed by atoms with Gasteiger partial charge in [0.25, 0.3) is 0 Å². The molecule has 0 saturated carbocycles. The molecule has 65 valence electrons. The van der Waals surface area contributed by atoms with Crippen molar-refractivity contribution in [1.29, 1.82) is 0 Å². The summed E-state index contributed by atoms with van der Waals surface area (Å²) in [5, 5.41) is 17.0. The Morgan fingerprint density at radius 1 is 1.55 bits per heavy atom. The average molecular weight is 163 g/mol. The van der Waals surface area contributed by atoms with E-state index in [0.717, 1.165) is 0 Å². The van der Waals surface area contributed by atoms with Crippen molar-refractivity contribution in [3.63, 3.8) is 0 Å². The van der Waals surface area contributed by atoms with E-state index in [9.17, 15) is 4.79 Å². The van der Waals surface area contributed by atoms with Crippen LogP contribution in [-0.4, -0.2) is 42.3 Å². The first-order chi connectivity index (χ1) is 5.20. The molecule has 5 nitrogen and oxygen atoms in total. The Morgan fingerprint density at radius 2 is 2.18 bits per heavy atom. The Bertz CT molecular complexity index is 114. The molecule has 0 amide bonds. The van der Waals surface area contributed by atoms with Crippen molar-refractivity contribution >= 4 is 6.16 Å². The molecular formula is C6H11O5. The van der Waals surface area contributed by atoms with E-state index in [-0.39, 0.29) is 13.2 Å². The molecule has 2 N–H and O–H groups in total. The standard InChI is InChI=1S/C6H11O5/c1-2-10-6(9)11-4-5(8)3-7/h5,7-8H,1-4H2/t5-/m0/s1. The zero-order valence-electron chi connectivity index (χ0n) is 6.02. The Balaban J connectivity index is 3.30. The summed E-state index contributed by atoms with van der Waals surface area (Å²) in [6.07, 6.45) is -1.94. The monoisotopic (exact) mass is 163 g/mol. The minimum atomic E-state index is -1.05. The molecule has 0 saturated heterocycles. The molecule has 0 heterocycles. The average Bonchev–Trinajstić information content (AvgIpc) is 2.01. The first-order valence-corrected chi connectivity index (χ1v) is 3.08. The second-order valence-corrected chi connectivity index (χ2v) is 1.75. The maximum Gasteiger partial charge on any atom is 0.508 e. The third-order valence-corrected chi connectivity index (χ3v) is 0.824. The second kappa shape index (κ2) is 5.94. The third-order valence-electron chi connectivity index (χ3n) is 0.824. The molecule has 0 aromatic rings. The van der Waals surface area contributed by atoms with Gasteiger partial charge in [-0.15, -0.1) is 0 Å². The summed E-state index contributed by atoms with van der Waals surface area (Å²) < 4.78 is 8.60. The van der Waals surface area contributed by atoms with Gasteiger partial charge in [0.15, 0.2) is 0 Å². The summed E-state index contributed by atoms with van der Waals surface area (Å²) >= 11 is 0. The van der Waals surface area contributed by atoms with E-state index in [1.165, 1.54) is 0 Å². The number of aliphatic hydroxyl groups excluding tert-OH is 2. The molecule has 0 unspecified atom stereocenters. The smallest absolute Gasteiger partial charge is 0.434 e. The highest BCUT2D eigenvalue weighted by atomic mass is 16.7. The fourth-order valence-corrected chi connectivity index (χ4v) is 0.342. The van der Waals surface area contributed by atoms with Gasteiger partial charge in [-0.25, -0.2) is 4.79 Å². The van der Waals surface area contributed by atoms with Crippen molar-refractivity contribution in [3.05, 3.63) is 6.92 Å². The van der Waals surface area contributed by atoms with E-state index in [1.807, 2.05) is 0 Å². The molecular weight excluding hydrogens is 152 g/mol. The largest absolute Gasteiger partial charge is 0.508 e. The summed E-state index contributed by atoms with van der Waals surface area (Å²) in [4.78, 5) is 10.4. The van der Waals surface area contributed by atoms with Gasteiger partial charge in [0.05, 0.1) is 13.2 Å². The number of ether oxygens (including phenoxy) is 2. The fraction of sp³-hybridized carbons (Fsp3) is 0.667. The zero-order chi connectivity index (χ0) is 8.69. The van der Waals surface area contributed by atoms with E-state index < -0.39 is 18.9 Å². The second-order valence-electron chi connectivity index (χ2n) is 1.75. The van der Waals surface area contributed by atoms with Crippen LogP contribution in [-0.2, 0) is 9.47 Å². The molecule has 5 heteroatoms. The summed E-state index contributed by atoms with van der Waals surface area (Å²) in [7, 11) is 0. The van der Waals surface area contributed by atoms with Crippen molar-refractivity contribution < 1.29 is 24.5 Å². The van der Waals surface area contributed by atoms with Crippen LogP contribution in [0.5, 0.6) is 0 Å². The quantitative estimate of drug-likeness (QED) is 0.537. The van der Waals surface area contributed by atoms with Crippen molar-refractivity contribution in [2.75, 3.05) is 19.8 Å². The molecule has 0 fully saturated rings. The van der Waals surface area contributed by atoms with Gasteiger partial charge < -0.3 is 19.7 Å². The zero-order valence-corrected chi connectivity index (χ0v) is 6.02. The summed E-state index contributed by atoms with van der Waals surface area (Å²) in [6, 6.07) is 0. The molecule has 0 aromatic carbocycles. The van der Waals surface area contributed by atoms with E-state index >= 15 is 0 Å². The van der Waals surface area contributed by atoms with Crippen LogP contribution in [0, 0.1) is 6.92 Å². The fourth-order valence-electron chi connectivity index (χ4n) is 0.342. The lowest BCUT2D eigenvalue weighted by atomic mass is 10.4. The van der Waals surface area contributed by atoms with Crippen molar-refractivity contribution in [2.24, 2.45) is 0 Å². The molecule has 1 atom stereocenters. The highest BCUT2D eigenvalue weighted by Gasteiger charge is 2.06. The van der Waals surface area contributed by atoms with Gasteiger partial charge in [0.1, 0.15) is 12.7 Å². The molecule has 0 rings (SSSR count). The summed E-state index contributed by atoms with van der Waals surface area (Å²) in [5.41, 5.74) is 0. The van der Waals surface area contributed by atoms with Crippen LogP contribution >= 0.6 is 0 Å². The number of rotatable bonds is 4. The number of hydrogen-bond acceptors (Lipinski definition) is 5. The number of aliphatic hydroxyl groups is 2. The van der Waals surface area contributed by atoms with Crippen LogP contribution in [0.25, 0.3) is 0 Å². The van der Waals surface area contributed by atoms with Crippen molar-refractivity contribution in [2.45, 2.75) is 6.10 Å². The Hall–Kier alpha value is -0.810. The van der Waals surface area contributed by atoms with Crippen LogP contribution < -0.4 is 0 Å². The minimum Gasteiger partial charge on any atom is -0.434 e. The molecule has 1 radical (unpaired) electrons. The van der Waals surface area contributed by atoms with Crippen molar-refractivity contribution in [1.82, 2.24) is 0 Å². The highest BCUT2D eigenvalue weighted by Crippen LogP contribution is 1.88. The van der Waals surface area contributed by atoms with Crippen LogP contribution in [0.1, 0.15) is 0 Å². The summed E-state index contributed by atoms with van der Waals surface area (Å²) in [6.45, 7) is 2.50. The predicted octanol–water partition coefficient (Wildman–Crippen LogP) is -0.673. The minimum absolute atomic E-state index is 0.0198. The molecule has 0 aromatic heterocycles. The van der Waals surface area contributed by atoms with Gasteiger partial charge in [-0.2, -0.15) is 0 Å². The first kappa shape index (κ1) is 10.2. The Labute approximate surface area is 64.5 Å². The number of carbonyl (C=O) groups excluding carboxylic acids is 1. The summed E-state index contributed by atoms with van der Waals surface area (Å²) in [5.74, 6) is 0. The maximum absolute atomic E-state index is 10.4. The van der Waals surface area contributed by atoms with E-state index in [4.69, 9.17) is 10.2 Å². The molecule has 0 spiro atoms. The molecule has 0 aliphatic rings. The van der Waals surface area contributed by atoms with Gasteiger partial charge in [0, 0.05) is 0 Å².